The van der Waals surface area contributed by atoms with Gasteiger partial charge in [0.15, 0.2) is 0 Å². The van der Waals surface area contributed by atoms with Crippen molar-refractivity contribution in [2.45, 2.75) is 19.4 Å². The van der Waals surface area contributed by atoms with E-state index in [1.807, 2.05) is 24.3 Å². The number of para-hydroxylation sites is 1. The second-order valence-corrected chi connectivity index (χ2v) is 4.45. The van der Waals surface area contributed by atoms with Crippen LogP contribution in [-0.4, -0.2) is 15.7 Å². The van der Waals surface area contributed by atoms with E-state index < -0.39 is 5.60 Å². The first kappa shape index (κ1) is 11.4. The molecule has 17 heavy (non-hydrogen) atoms. The highest BCUT2D eigenvalue weighted by molar-refractivity contribution is 5.89. The number of anilines is 1. The molecule has 0 atom stereocenters. The van der Waals surface area contributed by atoms with Gasteiger partial charge in [-0.15, -0.1) is 0 Å². The van der Waals surface area contributed by atoms with E-state index in [-0.39, 0.29) is 0 Å². The number of nitrogens with two attached hydrogens (primary N) is 1. The molecule has 0 unspecified atom stereocenters. The third kappa shape index (κ3) is 2.74. The van der Waals surface area contributed by atoms with Gasteiger partial charge in [0.25, 0.3) is 0 Å². The van der Waals surface area contributed by atoms with Crippen molar-refractivity contribution in [3.8, 4) is 11.8 Å². The van der Waals surface area contributed by atoms with E-state index in [4.69, 9.17) is 5.73 Å². The lowest BCUT2D eigenvalue weighted by atomic mass is 10.1. The van der Waals surface area contributed by atoms with Crippen molar-refractivity contribution in [1.82, 2.24) is 4.98 Å². The van der Waals surface area contributed by atoms with Crippen LogP contribution in [0.2, 0.25) is 0 Å². The van der Waals surface area contributed by atoms with Crippen LogP contribution in [0.25, 0.3) is 10.9 Å². The summed E-state index contributed by atoms with van der Waals surface area (Å²) in [4.78, 5) is 4.27. The molecular formula is C14H14N2O. The van der Waals surface area contributed by atoms with Gasteiger partial charge < -0.3 is 10.8 Å². The number of fused-ring (bicyclic) bond motifs is 1. The Morgan fingerprint density at radius 3 is 2.82 bits per heavy atom. The normalized spacial score (nSPS) is 11.0. The molecule has 0 amide bonds. The maximum absolute atomic E-state index is 9.52. The first-order chi connectivity index (χ1) is 7.96. The quantitative estimate of drug-likeness (QED) is 0.533. The largest absolute Gasteiger partial charge is 0.397 e. The highest BCUT2D eigenvalue weighted by atomic mass is 16.3. The second-order valence-electron chi connectivity index (χ2n) is 4.45. The van der Waals surface area contributed by atoms with Crippen LogP contribution in [0.4, 0.5) is 5.69 Å². The van der Waals surface area contributed by atoms with Crippen molar-refractivity contribution in [1.29, 1.82) is 0 Å². The Bertz CT molecular complexity index is 615. The molecule has 0 saturated carbocycles. The van der Waals surface area contributed by atoms with Gasteiger partial charge in [0.05, 0.1) is 11.2 Å². The van der Waals surface area contributed by atoms with Crippen molar-refractivity contribution in [2.75, 3.05) is 5.73 Å². The minimum absolute atomic E-state index is 0.657. The molecule has 2 aromatic rings. The Hall–Kier alpha value is -2.05. The predicted molar refractivity (Wildman–Crippen MR) is 69.3 cm³/mol. The molecule has 0 fully saturated rings. The molecule has 1 aromatic carbocycles. The van der Waals surface area contributed by atoms with Gasteiger partial charge >= 0.3 is 0 Å². The SMILES string of the molecule is CC(C)(O)C#Cc1cnc2c(N)cccc2c1. The van der Waals surface area contributed by atoms with E-state index in [2.05, 4.69) is 16.8 Å². The van der Waals surface area contributed by atoms with Gasteiger partial charge in [-0.2, -0.15) is 0 Å². The topological polar surface area (TPSA) is 59.1 Å². The molecule has 0 radical (unpaired) electrons. The summed E-state index contributed by atoms with van der Waals surface area (Å²) >= 11 is 0. The number of benzene rings is 1. The average molecular weight is 226 g/mol. The Kier molecular flexibility index (Phi) is 2.74. The van der Waals surface area contributed by atoms with E-state index in [0.29, 0.717) is 5.69 Å². The van der Waals surface area contributed by atoms with Crippen LogP contribution >= 0.6 is 0 Å². The summed E-state index contributed by atoms with van der Waals surface area (Å²) in [6, 6.07) is 7.55. The van der Waals surface area contributed by atoms with Crippen LogP contribution in [0.15, 0.2) is 30.5 Å². The molecule has 86 valence electrons. The van der Waals surface area contributed by atoms with Crippen molar-refractivity contribution in [3.63, 3.8) is 0 Å². The molecule has 1 aromatic heterocycles. The Morgan fingerprint density at radius 2 is 2.12 bits per heavy atom. The molecular weight excluding hydrogens is 212 g/mol. The summed E-state index contributed by atoms with van der Waals surface area (Å²) in [6.07, 6.45) is 1.66. The lowest BCUT2D eigenvalue weighted by molar-refractivity contribution is 0.143. The average Bonchev–Trinajstić information content (AvgIpc) is 2.26. The third-order valence-corrected chi connectivity index (χ3v) is 2.25. The zero-order valence-corrected chi connectivity index (χ0v) is 9.86. The molecule has 0 saturated heterocycles. The molecule has 3 nitrogen and oxygen atoms in total. The molecule has 0 spiro atoms. The maximum atomic E-state index is 9.52. The van der Waals surface area contributed by atoms with Gasteiger partial charge in [-0.25, -0.2) is 0 Å². The number of pyridine rings is 1. The molecule has 0 aliphatic carbocycles. The number of aromatic nitrogens is 1. The van der Waals surface area contributed by atoms with E-state index in [1.165, 1.54) is 0 Å². The summed E-state index contributed by atoms with van der Waals surface area (Å²) < 4.78 is 0. The molecule has 0 aliphatic rings. The first-order valence-corrected chi connectivity index (χ1v) is 5.35. The Balaban J connectivity index is 2.48. The lowest BCUT2D eigenvalue weighted by Crippen LogP contribution is -2.14. The fourth-order valence-electron chi connectivity index (χ4n) is 1.48. The number of hydrogen-bond acceptors (Lipinski definition) is 3. The van der Waals surface area contributed by atoms with Crippen LogP contribution in [0.3, 0.4) is 0 Å². The Morgan fingerprint density at radius 1 is 1.35 bits per heavy atom. The molecule has 3 heteroatoms. The summed E-state index contributed by atoms with van der Waals surface area (Å²) in [7, 11) is 0. The Labute approximate surface area is 100 Å². The fourth-order valence-corrected chi connectivity index (χ4v) is 1.48. The monoisotopic (exact) mass is 226 g/mol. The first-order valence-electron chi connectivity index (χ1n) is 5.35. The van der Waals surface area contributed by atoms with Gasteiger partial charge in [0.2, 0.25) is 0 Å². The van der Waals surface area contributed by atoms with Crippen LogP contribution in [0.5, 0.6) is 0 Å². The van der Waals surface area contributed by atoms with E-state index in [1.54, 1.807) is 20.0 Å². The maximum Gasteiger partial charge on any atom is 0.120 e. The van der Waals surface area contributed by atoms with Gasteiger partial charge in [-0.3, -0.25) is 4.98 Å². The molecule has 0 aliphatic heterocycles. The summed E-state index contributed by atoms with van der Waals surface area (Å²) in [5, 5.41) is 10.5. The van der Waals surface area contributed by atoms with Crippen LogP contribution in [0, 0.1) is 11.8 Å². The van der Waals surface area contributed by atoms with E-state index >= 15 is 0 Å². The lowest BCUT2D eigenvalue weighted by Gasteiger charge is -2.06. The van der Waals surface area contributed by atoms with Gasteiger partial charge in [-0.1, -0.05) is 24.0 Å². The number of nitrogen functional groups attached to an aromatic ring is 1. The van der Waals surface area contributed by atoms with Crippen molar-refractivity contribution >= 4 is 16.6 Å². The van der Waals surface area contributed by atoms with Crippen molar-refractivity contribution in [2.24, 2.45) is 0 Å². The number of aliphatic hydroxyl groups is 1. The minimum atomic E-state index is -0.995. The predicted octanol–water partition coefficient (Wildman–Crippen LogP) is 1.94. The zero-order valence-electron chi connectivity index (χ0n) is 9.86. The highest BCUT2D eigenvalue weighted by Gasteiger charge is 2.06. The molecule has 3 N–H and O–H groups in total. The van der Waals surface area contributed by atoms with Crippen LogP contribution in [0.1, 0.15) is 19.4 Å². The number of hydrogen-bond donors (Lipinski definition) is 2. The van der Waals surface area contributed by atoms with Crippen LogP contribution in [-0.2, 0) is 0 Å². The van der Waals surface area contributed by atoms with Crippen LogP contribution < -0.4 is 5.73 Å². The molecule has 1 heterocycles. The van der Waals surface area contributed by atoms with E-state index in [9.17, 15) is 5.11 Å². The number of rotatable bonds is 0. The van der Waals surface area contributed by atoms with Crippen molar-refractivity contribution < 1.29 is 5.11 Å². The van der Waals surface area contributed by atoms with Gasteiger partial charge in [0, 0.05) is 17.1 Å². The van der Waals surface area contributed by atoms with E-state index in [0.717, 1.165) is 16.5 Å². The minimum Gasteiger partial charge on any atom is -0.397 e. The smallest absolute Gasteiger partial charge is 0.120 e. The molecule has 0 bridgehead atoms. The summed E-state index contributed by atoms with van der Waals surface area (Å²) in [5.74, 6) is 5.64. The zero-order chi connectivity index (χ0) is 12.5. The van der Waals surface area contributed by atoms with Crippen molar-refractivity contribution in [3.05, 3.63) is 36.0 Å². The summed E-state index contributed by atoms with van der Waals surface area (Å²) in [6.45, 7) is 3.29. The highest BCUT2D eigenvalue weighted by Crippen LogP contribution is 2.18. The number of nitrogens with zero attached hydrogens (tertiary/aromatic N) is 1. The second kappa shape index (κ2) is 4.08. The van der Waals surface area contributed by atoms with Gasteiger partial charge in [-0.05, 0) is 26.0 Å². The standard InChI is InChI=1S/C14H14N2O/c1-14(2,17)7-6-10-8-11-4-3-5-12(15)13(11)16-9-10/h3-5,8-9,17H,15H2,1-2H3. The third-order valence-electron chi connectivity index (χ3n) is 2.25. The summed E-state index contributed by atoms with van der Waals surface area (Å²) in [5.41, 5.74) is 7.02. The molecule has 2 rings (SSSR count). The fraction of sp³-hybridized carbons (Fsp3) is 0.214. The van der Waals surface area contributed by atoms with Gasteiger partial charge in [0.1, 0.15) is 5.60 Å².